The zero-order chi connectivity index (χ0) is 19.6. The topological polar surface area (TPSA) is 82.3 Å². The van der Waals surface area contributed by atoms with Gasteiger partial charge in [-0.2, -0.15) is 0 Å². The molecule has 27 heavy (non-hydrogen) atoms. The third-order valence-corrected chi connectivity index (χ3v) is 5.15. The molecule has 1 atom stereocenters. The van der Waals surface area contributed by atoms with Crippen molar-refractivity contribution in [3.63, 3.8) is 0 Å². The molecule has 1 fully saturated rings. The molecule has 1 aliphatic rings. The van der Waals surface area contributed by atoms with Gasteiger partial charge >= 0.3 is 5.97 Å². The first-order valence-corrected chi connectivity index (χ1v) is 9.25. The highest BCUT2D eigenvalue weighted by atomic mass is 16.5. The number of anilines is 1. The Morgan fingerprint density at radius 1 is 1.19 bits per heavy atom. The van der Waals surface area contributed by atoms with E-state index in [4.69, 9.17) is 4.74 Å². The standard InChI is InChI=1S/C20H25N3O4/c1-13-17(19(25)23(22(13)3)16-11-5-4-6-12-16)21-18(24)14(2)27-20(26)15-9-7-8-10-15/h4-6,11-12,14-15H,7-10H2,1-3H3,(H,21,24)/t14-/m0/s1. The Morgan fingerprint density at radius 2 is 1.81 bits per heavy atom. The number of nitrogens with zero attached hydrogens (tertiary/aromatic N) is 2. The van der Waals surface area contributed by atoms with E-state index in [1.807, 2.05) is 30.3 Å². The van der Waals surface area contributed by atoms with Crippen LogP contribution in [0.4, 0.5) is 5.69 Å². The van der Waals surface area contributed by atoms with E-state index in [1.54, 1.807) is 18.7 Å². The lowest BCUT2D eigenvalue weighted by Gasteiger charge is -2.15. The molecular formula is C20H25N3O4. The molecule has 1 N–H and O–H groups in total. The summed E-state index contributed by atoms with van der Waals surface area (Å²) in [7, 11) is 1.75. The molecule has 0 spiro atoms. The van der Waals surface area contributed by atoms with Crippen molar-refractivity contribution in [1.29, 1.82) is 0 Å². The molecule has 7 nitrogen and oxygen atoms in total. The fraction of sp³-hybridized carbons (Fsp3) is 0.450. The summed E-state index contributed by atoms with van der Waals surface area (Å²) in [5.74, 6) is -0.956. The molecule has 0 saturated heterocycles. The maximum Gasteiger partial charge on any atom is 0.309 e. The van der Waals surface area contributed by atoms with Gasteiger partial charge in [0.25, 0.3) is 11.5 Å². The van der Waals surface area contributed by atoms with Gasteiger partial charge in [0.15, 0.2) is 6.10 Å². The van der Waals surface area contributed by atoms with Gasteiger partial charge in [-0.05, 0) is 38.8 Å². The SMILES string of the molecule is Cc1c(NC(=O)[C@H](C)OC(=O)C2CCCC2)c(=O)n(-c2ccccc2)n1C. The van der Waals surface area contributed by atoms with Gasteiger partial charge in [0.1, 0.15) is 5.69 Å². The summed E-state index contributed by atoms with van der Waals surface area (Å²) < 4.78 is 8.47. The number of ether oxygens (including phenoxy) is 1. The van der Waals surface area contributed by atoms with Gasteiger partial charge in [-0.15, -0.1) is 0 Å². The summed E-state index contributed by atoms with van der Waals surface area (Å²) in [6.07, 6.45) is 2.70. The zero-order valence-electron chi connectivity index (χ0n) is 15.9. The number of rotatable bonds is 5. The Hall–Kier alpha value is -2.83. The van der Waals surface area contributed by atoms with Gasteiger partial charge in [0, 0.05) is 7.05 Å². The van der Waals surface area contributed by atoms with E-state index in [0.29, 0.717) is 11.4 Å². The van der Waals surface area contributed by atoms with E-state index >= 15 is 0 Å². The number of esters is 1. The zero-order valence-corrected chi connectivity index (χ0v) is 15.9. The minimum Gasteiger partial charge on any atom is -0.452 e. The predicted molar refractivity (Wildman–Crippen MR) is 102 cm³/mol. The van der Waals surface area contributed by atoms with Crippen molar-refractivity contribution < 1.29 is 14.3 Å². The smallest absolute Gasteiger partial charge is 0.309 e. The molecule has 0 unspecified atom stereocenters. The molecule has 2 aromatic rings. The van der Waals surface area contributed by atoms with E-state index in [-0.39, 0.29) is 23.1 Å². The number of carbonyl (C=O) groups excluding carboxylic acids is 2. The van der Waals surface area contributed by atoms with Crippen LogP contribution >= 0.6 is 0 Å². The first kappa shape index (κ1) is 18.9. The molecule has 1 saturated carbocycles. The van der Waals surface area contributed by atoms with Crippen molar-refractivity contribution in [3.05, 3.63) is 46.4 Å². The van der Waals surface area contributed by atoms with Crippen LogP contribution in [0.1, 0.15) is 38.3 Å². The van der Waals surface area contributed by atoms with Crippen LogP contribution in [0.2, 0.25) is 0 Å². The van der Waals surface area contributed by atoms with Gasteiger partial charge in [0.2, 0.25) is 0 Å². The second-order valence-electron chi connectivity index (χ2n) is 6.99. The minimum absolute atomic E-state index is 0.117. The molecular weight excluding hydrogens is 346 g/mol. The Labute approximate surface area is 157 Å². The molecule has 0 radical (unpaired) electrons. The van der Waals surface area contributed by atoms with E-state index in [2.05, 4.69) is 5.32 Å². The quantitative estimate of drug-likeness (QED) is 0.819. The molecule has 1 aliphatic carbocycles. The highest BCUT2D eigenvalue weighted by Gasteiger charge is 2.28. The van der Waals surface area contributed by atoms with Crippen molar-refractivity contribution in [2.24, 2.45) is 13.0 Å². The van der Waals surface area contributed by atoms with Crippen LogP contribution in [0, 0.1) is 12.8 Å². The second kappa shape index (κ2) is 7.82. The van der Waals surface area contributed by atoms with E-state index in [1.165, 1.54) is 11.6 Å². The average Bonchev–Trinajstić information content (AvgIpc) is 3.26. The van der Waals surface area contributed by atoms with Crippen molar-refractivity contribution in [3.8, 4) is 5.69 Å². The summed E-state index contributed by atoms with van der Waals surface area (Å²) in [5.41, 5.74) is 1.18. The van der Waals surface area contributed by atoms with Crippen molar-refractivity contribution in [2.75, 3.05) is 5.32 Å². The summed E-state index contributed by atoms with van der Waals surface area (Å²) in [4.78, 5) is 37.4. The number of aromatic nitrogens is 2. The molecule has 1 aromatic carbocycles. The van der Waals surface area contributed by atoms with Crippen LogP contribution in [-0.2, 0) is 21.4 Å². The Bertz CT molecular complexity index is 892. The number of nitrogens with one attached hydrogen (secondary N) is 1. The van der Waals surface area contributed by atoms with Crippen LogP contribution in [-0.4, -0.2) is 27.3 Å². The summed E-state index contributed by atoms with van der Waals surface area (Å²) in [6, 6.07) is 9.18. The molecule has 1 aromatic heterocycles. The summed E-state index contributed by atoms with van der Waals surface area (Å²) in [6.45, 7) is 3.28. The van der Waals surface area contributed by atoms with Gasteiger partial charge in [-0.1, -0.05) is 31.0 Å². The fourth-order valence-electron chi connectivity index (χ4n) is 3.42. The lowest BCUT2D eigenvalue weighted by molar-refractivity contribution is -0.157. The largest absolute Gasteiger partial charge is 0.452 e. The third-order valence-electron chi connectivity index (χ3n) is 5.15. The number of carbonyl (C=O) groups is 2. The number of hydrogen-bond acceptors (Lipinski definition) is 4. The van der Waals surface area contributed by atoms with E-state index in [0.717, 1.165) is 25.7 Å². The molecule has 144 valence electrons. The van der Waals surface area contributed by atoms with Gasteiger partial charge in [0.05, 0.1) is 17.3 Å². The molecule has 0 aliphatic heterocycles. The monoisotopic (exact) mass is 371 g/mol. The minimum atomic E-state index is -0.956. The summed E-state index contributed by atoms with van der Waals surface area (Å²) >= 11 is 0. The summed E-state index contributed by atoms with van der Waals surface area (Å²) in [5, 5.41) is 2.63. The molecule has 1 amide bonds. The molecule has 3 rings (SSSR count). The van der Waals surface area contributed by atoms with Crippen LogP contribution in [0.5, 0.6) is 0 Å². The highest BCUT2D eigenvalue weighted by Crippen LogP contribution is 2.26. The fourth-order valence-corrected chi connectivity index (χ4v) is 3.42. The van der Waals surface area contributed by atoms with Crippen LogP contribution < -0.4 is 10.9 Å². The maximum atomic E-state index is 12.8. The lowest BCUT2D eigenvalue weighted by atomic mass is 10.1. The predicted octanol–water partition coefficient (Wildman–Crippen LogP) is 2.54. The van der Waals surface area contributed by atoms with Crippen LogP contribution in [0.15, 0.2) is 35.1 Å². The first-order valence-electron chi connectivity index (χ1n) is 9.25. The highest BCUT2D eigenvalue weighted by molar-refractivity contribution is 5.95. The number of para-hydroxylation sites is 1. The van der Waals surface area contributed by atoms with Crippen molar-refractivity contribution >= 4 is 17.6 Å². The van der Waals surface area contributed by atoms with Gasteiger partial charge in [-0.3, -0.25) is 19.1 Å². The Kier molecular flexibility index (Phi) is 5.48. The third kappa shape index (κ3) is 3.82. The maximum absolute atomic E-state index is 12.8. The molecule has 7 heteroatoms. The first-order chi connectivity index (χ1) is 12.9. The van der Waals surface area contributed by atoms with Crippen molar-refractivity contribution in [2.45, 2.75) is 45.6 Å². The van der Waals surface area contributed by atoms with Gasteiger partial charge < -0.3 is 10.1 Å². The van der Waals surface area contributed by atoms with Crippen LogP contribution in [0.25, 0.3) is 5.69 Å². The van der Waals surface area contributed by atoms with Crippen molar-refractivity contribution in [1.82, 2.24) is 9.36 Å². The average molecular weight is 371 g/mol. The lowest BCUT2D eigenvalue weighted by Crippen LogP contribution is -2.33. The number of benzene rings is 1. The molecule has 0 bridgehead atoms. The Morgan fingerprint density at radius 3 is 2.44 bits per heavy atom. The van der Waals surface area contributed by atoms with Gasteiger partial charge in [-0.25, -0.2) is 4.68 Å². The number of amides is 1. The number of hydrogen-bond donors (Lipinski definition) is 1. The van der Waals surface area contributed by atoms with E-state index < -0.39 is 12.0 Å². The van der Waals surface area contributed by atoms with Crippen LogP contribution in [0.3, 0.4) is 0 Å². The second-order valence-corrected chi connectivity index (χ2v) is 6.99. The van der Waals surface area contributed by atoms with E-state index in [9.17, 15) is 14.4 Å². The normalized spacial score (nSPS) is 15.5. The Balaban J connectivity index is 1.76. The molecule has 1 heterocycles.